The number of rotatable bonds is 6. The Labute approximate surface area is 201 Å². The highest BCUT2D eigenvalue weighted by atomic mass is 79.9. The molecule has 2 heterocycles. The minimum atomic E-state index is -1.41. The van der Waals surface area contributed by atoms with Crippen LogP contribution in [0.1, 0.15) is 74.4 Å². The number of amides is 1. The Morgan fingerprint density at radius 3 is 2.50 bits per heavy atom. The minimum Gasteiger partial charge on any atom is -0.479 e. The summed E-state index contributed by atoms with van der Waals surface area (Å²) in [6.07, 6.45) is 2.14. The van der Waals surface area contributed by atoms with Crippen molar-refractivity contribution in [2.24, 2.45) is 11.8 Å². The van der Waals surface area contributed by atoms with E-state index in [0.29, 0.717) is 17.0 Å². The summed E-state index contributed by atoms with van der Waals surface area (Å²) in [5, 5.41) is 23.0. The molecule has 0 bridgehead atoms. The molecule has 0 saturated carbocycles. The highest BCUT2D eigenvalue weighted by molar-refractivity contribution is 9.10. The summed E-state index contributed by atoms with van der Waals surface area (Å²) in [6.45, 7) is 9.97. The standard InChI is InChI=1S/C24H31BrN2O4S/c1-14(2)11-24(22(30)31)12-16(13-28)19(20-26-8-9-32-20)27(24)21(29)15-6-7-17(18(25)10-15)23(3,4)5/h6-10,14,16,19,28H,11-13H2,1-5H3,(H,30,31)/t16-,19-,24+/m1/s1. The van der Waals surface area contributed by atoms with E-state index in [1.54, 1.807) is 18.3 Å². The van der Waals surface area contributed by atoms with E-state index in [0.717, 1.165) is 10.0 Å². The van der Waals surface area contributed by atoms with Crippen LogP contribution in [-0.2, 0) is 10.2 Å². The van der Waals surface area contributed by atoms with Crippen LogP contribution in [-0.4, -0.2) is 44.1 Å². The number of hydrogen-bond donors (Lipinski definition) is 2. The summed E-state index contributed by atoms with van der Waals surface area (Å²) in [4.78, 5) is 32.6. The van der Waals surface area contributed by atoms with E-state index in [1.165, 1.54) is 16.2 Å². The van der Waals surface area contributed by atoms with Crippen molar-refractivity contribution in [2.75, 3.05) is 6.61 Å². The predicted octanol–water partition coefficient (Wildman–Crippen LogP) is 5.27. The molecule has 1 aliphatic rings. The summed E-state index contributed by atoms with van der Waals surface area (Å²) in [6, 6.07) is 4.86. The van der Waals surface area contributed by atoms with Gasteiger partial charge in [-0.3, -0.25) is 4.79 Å². The first-order valence-electron chi connectivity index (χ1n) is 10.8. The first-order chi connectivity index (χ1) is 14.9. The number of nitrogens with zero attached hydrogens (tertiary/aromatic N) is 2. The van der Waals surface area contributed by atoms with Gasteiger partial charge in [0.25, 0.3) is 5.91 Å². The third-order valence-electron chi connectivity index (χ3n) is 6.11. The number of aliphatic carboxylic acids is 1. The molecule has 32 heavy (non-hydrogen) atoms. The van der Waals surface area contributed by atoms with Gasteiger partial charge < -0.3 is 15.1 Å². The molecule has 1 saturated heterocycles. The summed E-state index contributed by atoms with van der Waals surface area (Å²) in [5.74, 6) is -1.75. The van der Waals surface area contributed by atoms with Crippen molar-refractivity contribution < 1.29 is 19.8 Å². The number of aliphatic hydroxyl groups is 1. The maximum absolute atomic E-state index is 14.0. The second kappa shape index (κ2) is 9.23. The van der Waals surface area contributed by atoms with Crippen molar-refractivity contribution in [3.05, 3.63) is 50.4 Å². The van der Waals surface area contributed by atoms with Crippen molar-refractivity contribution in [2.45, 2.75) is 64.5 Å². The van der Waals surface area contributed by atoms with Gasteiger partial charge in [0.2, 0.25) is 0 Å². The van der Waals surface area contributed by atoms with Gasteiger partial charge >= 0.3 is 5.97 Å². The molecule has 3 atom stereocenters. The molecule has 1 fully saturated rings. The zero-order chi connectivity index (χ0) is 23.8. The number of carboxylic acids is 1. The van der Waals surface area contributed by atoms with Crippen molar-refractivity contribution in [1.82, 2.24) is 9.88 Å². The predicted molar refractivity (Wildman–Crippen MR) is 129 cm³/mol. The number of hydrogen-bond acceptors (Lipinski definition) is 5. The molecule has 1 amide bonds. The second-order valence-corrected chi connectivity index (χ2v) is 11.8. The molecule has 8 heteroatoms. The summed E-state index contributed by atoms with van der Waals surface area (Å²) in [5.41, 5.74) is -0.0437. The van der Waals surface area contributed by atoms with Gasteiger partial charge in [0, 0.05) is 34.1 Å². The maximum Gasteiger partial charge on any atom is 0.329 e. The number of carbonyl (C=O) groups is 2. The van der Waals surface area contributed by atoms with E-state index in [1.807, 2.05) is 25.3 Å². The molecule has 1 aliphatic heterocycles. The van der Waals surface area contributed by atoms with E-state index in [4.69, 9.17) is 0 Å². The number of carboxylic acid groups (broad SMARTS) is 1. The third kappa shape index (κ3) is 4.50. The first kappa shape index (κ1) is 24.9. The van der Waals surface area contributed by atoms with Crippen molar-refractivity contribution in [1.29, 1.82) is 0 Å². The Balaban J connectivity index is 2.17. The number of likely N-dealkylation sites (tertiary alicyclic amines) is 1. The lowest BCUT2D eigenvalue weighted by atomic mass is 9.83. The quantitative estimate of drug-likeness (QED) is 0.539. The lowest BCUT2D eigenvalue weighted by molar-refractivity contribution is -0.150. The van der Waals surface area contributed by atoms with Crippen LogP contribution in [0.5, 0.6) is 0 Å². The molecule has 3 rings (SSSR count). The second-order valence-electron chi connectivity index (χ2n) is 10.0. The fraction of sp³-hybridized carbons (Fsp3) is 0.542. The Bertz CT molecular complexity index is 986. The van der Waals surface area contributed by atoms with Crippen molar-refractivity contribution in [3.63, 3.8) is 0 Å². The van der Waals surface area contributed by atoms with Crippen LogP contribution in [0.4, 0.5) is 0 Å². The number of benzene rings is 1. The Hall–Kier alpha value is -1.77. The average Bonchev–Trinajstić information content (AvgIpc) is 3.32. The normalized spacial score (nSPS) is 23.7. The third-order valence-corrected chi connectivity index (χ3v) is 7.61. The number of carbonyl (C=O) groups excluding carboxylic acids is 1. The molecule has 1 aromatic carbocycles. The molecular weight excluding hydrogens is 492 g/mol. The fourth-order valence-corrected chi connectivity index (χ4v) is 6.62. The highest BCUT2D eigenvalue weighted by Gasteiger charge is 2.59. The van der Waals surface area contributed by atoms with Crippen LogP contribution < -0.4 is 0 Å². The molecule has 0 radical (unpaired) electrons. The van der Waals surface area contributed by atoms with Crippen LogP contribution in [0, 0.1) is 11.8 Å². The molecule has 174 valence electrons. The van der Waals surface area contributed by atoms with Gasteiger partial charge in [-0.25, -0.2) is 9.78 Å². The number of aromatic nitrogens is 1. The summed E-state index contributed by atoms with van der Waals surface area (Å²) in [7, 11) is 0. The molecular formula is C24H31BrN2O4S. The monoisotopic (exact) mass is 522 g/mol. The van der Waals surface area contributed by atoms with E-state index in [-0.39, 0.29) is 30.3 Å². The zero-order valence-corrected chi connectivity index (χ0v) is 21.5. The van der Waals surface area contributed by atoms with Gasteiger partial charge in [0.15, 0.2) is 0 Å². The van der Waals surface area contributed by atoms with Crippen LogP contribution in [0.15, 0.2) is 34.2 Å². The van der Waals surface area contributed by atoms with Gasteiger partial charge in [-0.05, 0) is 41.9 Å². The average molecular weight is 523 g/mol. The van der Waals surface area contributed by atoms with Crippen molar-refractivity contribution >= 4 is 39.1 Å². The molecule has 1 aromatic heterocycles. The molecule has 0 aliphatic carbocycles. The van der Waals surface area contributed by atoms with E-state index >= 15 is 0 Å². The lowest BCUT2D eigenvalue weighted by Gasteiger charge is -2.39. The van der Waals surface area contributed by atoms with Crippen LogP contribution >= 0.6 is 27.3 Å². The number of thiazole rings is 1. The maximum atomic E-state index is 14.0. The van der Waals surface area contributed by atoms with Crippen LogP contribution in [0.2, 0.25) is 0 Å². The van der Waals surface area contributed by atoms with E-state index in [9.17, 15) is 19.8 Å². The minimum absolute atomic E-state index is 0.0470. The summed E-state index contributed by atoms with van der Waals surface area (Å²) < 4.78 is 0.810. The van der Waals surface area contributed by atoms with E-state index in [2.05, 4.69) is 41.7 Å². The fourth-order valence-electron chi connectivity index (χ4n) is 4.83. The van der Waals surface area contributed by atoms with Gasteiger partial charge in [0.1, 0.15) is 10.5 Å². The van der Waals surface area contributed by atoms with Gasteiger partial charge in [-0.15, -0.1) is 11.3 Å². The van der Waals surface area contributed by atoms with Crippen molar-refractivity contribution in [3.8, 4) is 0 Å². The molecule has 0 spiro atoms. The Morgan fingerprint density at radius 1 is 1.34 bits per heavy atom. The van der Waals surface area contributed by atoms with Gasteiger partial charge in [0.05, 0.1) is 6.04 Å². The SMILES string of the molecule is CC(C)C[C@@]1(C(=O)O)C[C@H](CO)[C@H](c2nccs2)N1C(=O)c1ccc(C(C)(C)C)c(Br)c1. The lowest BCUT2D eigenvalue weighted by Crippen LogP contribution is -2.54. The van der Waals surface area contributed by atoms with Gasteiger partial charge in [-0.2, -0.15) is 0 Å². The molecule has 2 aromatic rings. The first-order valence-corrected chi connectivity index (χ1v) is 12.5. The largest absolute Gasteiger partial charge is 0.479 e. The smallest absolute Gasteiger partial charge is 0.329 e. The number of halogens is 1. The molecule has 2 N–H and O–H groups in total. The highest BCUT2D eigenvalue weighted by Crippen LogP contribution is 2.50. The Kier molecular flexibility index (Phi) is 7.17. The van der Waals surface area contributed by atoms with E-state index < -0.39 is 23.5 Å². The number of aliphatic hydroxyl groups excluding tert-OH is 1. The van der Waals surface area contributed by atoms with Gasteiger partial charge in [-0.1, -0.05) is 56.6 Å². The molecule has 0 unspecified atom stereocenters. The molecule has 6 nitrogen and oxygen atoms in total. The summed E-state index contributed by atoms with van der Waals surface area (Å²) >= 11 is 4.98. The Morgan fingerprint density at radius 2 is 2.03 bits per heavy atom. The van der Waals surface area contributed by atoms with Crippen LogP contribution in [0.3, 0.4) is 0 Å². The van der Waals surface area contributed by atoms with Crippen LogP contribution in [0.25, 0.3) is 0 Å². The topological polar surface area (TPSA) is 90.7 Å². The zero-order valence-electron chi connectivity index (χ0n) is 19.1.